The summed E-state index contributed by atoms with van der Waals surface area (Å²) in [5, 5.41) is 10.7. The maximum Gasteiger partial charge on any atom is 0.162 e. The molecule has 0 aliphatic carbocycles. The minimum Gasteiger partial charge on any atom is -0.497 e. The number of benzene rings is 1. The van der Waals surface area contributed by atoms with Crippen molar-refractivity contribution < 1.29 is 14.6 Å². The van der Waals surface area contributed by atoms with E-state index in [0.29, 0.717) is 29.4 Å². The number of aliphatic hydroxyl groups is 1. The third kappa shape index (κ3) is 3.78. The van der Waals surface area contributed by atoms with E-state index < -0.39 is 6.10 Å². The molecule has 1 N–H and O–H groups in total. The summed E-state index contributed by atoms with van der Waals surface area (Å²) in [6.45, 7) is 2.28. The van der Waals surface area contributed by atoms with E-state index in [4.69, 9.17) is 21.1 Å². The Kier molecular flexibility index (Phi) is 5.81. The molecule has 1 unspecified atom stereocenters. The minimum absolute atomic E-state index is 0.200. The number of aliphatic hydroxyl groups excluding tert-OH is 1. The molecular formula is C17H18ClNO3. The molecule has 0 aliphatic heterocycles. The van der Waals surface area contributed by atoms with Crippen molar-refractivity contribution in [3.8, 4) is 5.75 Å². The largest absolute Gasteiger partial charge is 0.497 e. The number of hydrogen-bond acceptors (Lipinski definition) is 4. The van der Waals surface area contributed by atoms with Crippen molar-refractivity contribution in [1.82, 2.24) is 4.98 Å². The molecule has 0 amide bonds. The molecule has 1 atom stereocenters. The summed E-state index contributed by atoms with van der Waals surface area (Å²) in [6.07, 6.45) is 0.661. The molecule has 2 rings (SSSR count). The summed E-state index contributed by atoms with van der Waals surface area (Å²) in [6, 6.07) is 12.5. The van der Waals surface area contributed by atoms with E-state index in [-0.39, 0.29) is 5.03 Å². The first kappa shape index (κ1) is 16.3. The van der Waals surface area contributed by atoms with Gasteiger partial charge in [0.25, 0.3) is 0 Å². The van der Waals surface area contributed by atoms with Gasteiger partial charge in [0.1, 0.15) is 17.5 Å². The van der Waals surface area contributed by atoms with Gasteiger partial charge < -0.3 is 14.6 Å². The summed E-state index contributed by atoms with van der Waals surface area (Å²) in [5.74, 6) is 1.10. The van der Waals surface area contributed by atoms with E-state index in [1.54, 1.807) is 49.7 Å². The van der Waals surface area contributed by atoms with Crippen LogP contribution in [0.3, 0.4) is 0 Å². The van der Waals surface area contributed by atoms with Crippen LogP contribution in [-0.4, -0.2) is 23.8 Å². The van der Waals surface area contributed by atoms with E-state index in [1.807, 2.05) is 13.0 Å². The molecule has 0 spiro atoms. The smallest absolute Gasteiger partial charge is 0.162 e. The molecule has 4 nitrogen and oxygen atoms in total. The van der Waals surface area contributed by atoms with E-state index in [0.717, 1.165) is 0 Å². The normalized spacial score (nSPS) is 13.3. The van der Waals surface area contributed by atoms with Crippen LogP contribution in [0.1, 0.15) is 24.3 Å². The van der Waals surface area contributed by atoms with Gasteiger partial charge in [-0.15, -0.1) is 0 Å². The lowest BCUT2D eigenvalue weighted by Gasteiger charge is -2.16. The van der Waals surface area contributed by atoms with Crippen molar-refractivity contribution in [2.45, 2.75) is 13.0 Å². The fraction of sp³-hybridized carbons (Fsp3) is 0.235. The lowest BCUT2D eigenvalue weighted by Crippen LogP contribution is -2.04. The Morgan fingerprint density at radius 2 is 1.95 bits per heavy atom. The molecule has 22 heavy (non-hydrogen) atoms. The van der Waals surface area contributed by atoms with Crippen molar-refractivity contribution in [3.05, 3.63) is 65.0 Å². The molecule has 0 saturated carbocycles. The second-order valence-corrected chi connectivity index (χ2v) is 4.91. The monoisotopic (exact) mass is 319 g/mol. The number of rotatable bonds is 6. The van der Waals surface area contributed by atoms with Crippen LogP contribution >= 0.6 is 11.6 Å². The Morgan fingerprint density at radius 1 is 1.23 bits per heavy atom. The van der Waals surface area contributed by atoms with Crippen LogP contribution in [0.4, 0.5) is 0 Å². The van der Waals surface area contributed by atoms with Gasteiger partial charge in [0.2, 0.25) is 0 Å². The third-order valence-electron chi connectivity index (χ3n) is 3.07. The second-order valence-electron chi connectivity index (χ2n) is 4.50. The highest BCUT2D eigenvalue weighted by Gasteiger charge is 2.19. The highest BCUT2D eigenvalue weighted by Crippen LogP contribution is 2.32. The zero-order valence-electron chi connectivity index (χ0n) is 12.5. The maximum absolute atomic E-state index is 10.5. The highest BCUT2D eigenvalue weighted by atomic mass is 35.5. The lowest BCUT2D eigenvalue weighted by molar-refractivity contribution is 0.216. The Balaban J connectivity index is 2.36. The summed E-state index contributed by atoms with van der Waals surface area (Å²) in [4.78, 5) is 4.22. The van der Waals surface area contributed by atoms with E-state index in [9.17, 15) is 5.11 Å². The van der Waals surface area contributed by atoms with E-state index in [2.05, 4.69) is 4.98 Å². The second kappa shape index (κ2) is 7.82. The lowest BCUT2D eigenvalue weighted by atomic mass is 10.1. The highest BCUT2D eigenvalue weighted by molar-refractivity contribution is 6.32. The van der Waals surface area contributed by atoms with Gasteiger partial charge in [0, 0.05) is 6.20 Å². The van der Waals surface area contributed by atoms with Crippen LogP contribution in [-0.2, 0) is 4.74 Å². The fourth-order valence-electron chi connectivity index (χ4n) is 1.96. The van der Waals surface area contributed by atoms with Crippen molar-refractivity contribution >= 4 is 17.4 Å². The van der Waals surface area contributed by atoms with Crippen LogP contribution in [0.5, 0.6) is 5.75 Å². The summed E-state index contributed by atoms with van der Waals surface area (Å²) in [5.41, 5.74) is 1.24. The van der Waals surface area contributed by atoms with Crippen molar-refractivity contribution in [1.29, 1.82) is 0 Å². The predicted molar refractivity (Wildman–Crippen MR) is 86.6 cm³/mol. The summed E-state index contributed by atoms with van der Waals surface area (Å²) >= 11 is 6.35. The standard InChI is InChI=1S/C17H18ClNO3/c1-3-22-17(14-6-4-5-11-19-14)15(18)16(20)12-7-9-13(21-2)10-8-12/h4-11,16,20H,3H2,1-2H3/b17-15+. The van der Waals surface area contributed by atoms with E-state index >= 15 is 0 Å². The van der Waals surface area contributed by atoms with Gasteiger partial charge in [-0.1, -0.05) is 29.8 Å². The molecule has 0 bridgehead atoms. The van der Waals surface area contributed by atoms with Gasteiger partial charge in [0.05, 0.1) is 18.7 Å². The third-order valence-corrected chi connectivity index (χ3v) is 3.45. The first-order chi connectivity index (χ1) is 10.7. The fourth-order valence-corrected chi connectivity index (χ4v) is 2.24. The molecule has 116 valence electrons. The van der Waals surface area contributed by atoms with Crippen LogP contribution in [0.25, 0.3) is 5.76 Å². The quantitative estimate of drug-likeness (QED) is 0.823. The van der Waals surface area contributed by atoms with Crippen molar-refractivity contribution in [2.75, 3.05) is 13.7 Å². The molecular weight excluding hydrogens is 302 g/mol. The van der Waals surface area contributed by atoms with Crippen molar-refractivity contribution in [2.24, 2.45) is 0 Å². The molecule has 0 aliphatic rings. The van der Waals surface area contributed by atoms with Gasteiger partial charge in [-0.05, 0) is 36.8 Å². The number of halogens is 1. The average molecular weight is 320 g/mol. The van der Waals surface area contributed by atoms with Gasteiger partial charge in [-0.25, -0.2) is 0 Å². The number of ether oxygens (including phenoxy) is 2. The number of nitrogens with zero attached hydrogens (tertiary/aromatic N) is 1. The Bertz CT molecular complexity index is 626. The van der Waals surface area contributed by atoms with Crippen molar-refractivity contribution in [3.63, 3.8) is 0 Å². The topological polar surface area (TPSA) is 51.6 Å². The Morgan fingerprint density at radius 3 is 2.50 bits per heavy atom. The first-order valence-electron chi connectivity index (χ1n) is 6.93. The number of pyridine rings is 1. The first-order valence-corrected chi connectivity index (χ1v) is 7.31. The average Bonchev–Trinajstić information content (AvgIpc) is 2.59. The van der Waals surface area contributed by atoms with Crippen LogP contribution in [0, 0.1) is 0 Å². The maximum atomic E-state index is 10.5. The summed E-state index contributed by atoms with van der Waals surface area (Å²) < 4.78 is 10.7. The molecule has 1 aromatic heterocycles. The molecule has 0 radical (unpaired) electrons. The zero-order chi connectivity index (χ0) is 15.9. The van der Waals surface area contributed by atoms with Crippen LogP contribution in [0.15, 0.2) is 53.7 Å². The van der Waals surface area contributed by atoms with Crippen LogP contribution < -0.4 is 4.74 Å². The van der Waals surface area contributed by atoms with Gasteiger partial charge in [0.15, 0.2) is 5.76 Å². The molecule has 5 heteroatoms. The molecule has 0 fully saturated rings. The minimum atomic E-state index is -0.990. The number of methoxy groups -OCH3 is 1. The Hall–Kier alpha value is -2.04. The zero-order valence-corrected chi connectivity index (χ0v) is 13.2. The Labute approximate surface area is 135 Å². The molecule has 1 aromatic carbocycles. The van der Waals surface area contributed by atoms with Gasteiger partial charge in [-0.2, -0.15) is 0 Å². The molecule has 0 saturated heterocycles. The van der Waals surface area contributed by atoms with Gasteiger partial charge >= 0.3 is 0 Å². The SMILES string of the molecule is CCO/C(=C(/Cl)C(O)c1ccc(OC)cc1)c1ccccn1. The molecule has 2 aromatic rings. The number of hydrogen-bond donors (Lipinski definition) is 1. The molecule has 1 heterocycles. The number of aromatic nitrogens is 1. The van der Waals surface area contributed by atoms with Crippen LogP contribution in [0.2, 0.25) is 0 Å². The summed E-state index contributed by atoms with van der Waals surface area (Å²) in [7, 11) is 1.59. The predicted octanol–water partition coefficient (Wildman–Crippen LogP) is 3.77. The van der Waals surface area contributed by atoms with Gasteiger partial charge in [-0.3, -0.25) is 4.98 Å². The van der Waals surface area contributed by atoms with E-state index in [1.165, 1.54) is 0 Å².